The van der Waals surface area contributed by atoms with Crippen LogP contribution in [0.25, 0.3) is 10.9 Å². The molecule has 0 radical (unpaired) electrons. The molecule has 1 aromatic heterocycles. The summed E-state index contributed by atoms with van der Waals surface area (Å²) < 4.78 is 5.66. The molecule has 0 unspecified atom stereocenters. The third-order valence-electron chi connectivity index (χ3n) is 4.45. The van der Waals surface area contributed by atoms with Crippen molar-refractivity contribution in [2.45, 2.75) is 38.8 Å². The van der Waals surface area contributed by atoms with Crippen LogP contribution in [0, 0.1) is 11.3 Å². The Balaban J connectivity index is 1.72. The highest BCUT2D eigenvalue weighted by Gasteiger charge is 2.28. The molecule has 3 rings (SSSR count). The molecule has 0 saturated carbocycles. The van der Waals surface area contributed by atoms with Gasteiger partial charge in [-0.3, -0.25) is 14.6 Å². The van der Waals surface area contributed by atoms with Crippen LogP contribution >= 0.6 is 0 Å². The number of hydrogen-bond donors (Lipinski definition) is 1. The number of fused-ring (bicyclic) bond motifs is 1. The van der Waals surface area contributed by atoms with E-state index in [1.165, 1.54) is 4.90 Å². The molecule has 0 aliphatic carbocycles. The van der Waals surface area contributed by atoms with Crippen molar-refractivity contribution in [1.29, 1.82) is 5.26 Å². The Morgan fingerprint density at radius 2 is 2.22 bits per heavy atom. The number of ether oxygens (including phenoxy) is 1. The van der Waals surface area contributed by atoms with Gasteiger partial charge in [-0.05, 0) is 44.9 Å². The number of pyridine rings is 1. The summed E-state index contributed by atoms with van der Waals surface area (Å²) in [7, 11) is 0. The minimum atomic E-state index is -0.393. The summed E-state index contributed by atoms with van der Waals surface area (Å²) in [4.78, 5) is 30.7. The van der Waals surface area contributed by atoms with Gasteiger partial charge in [-0.15, -0.1) is 0 Å². The van der Waals surface area contributed by atoms with Crippen molar-refractivity contribution in [2.75, 3.05) is 13.1 Å². The fourth-order valence-corrected chi connectivity index (χ4v) is 3.22. The van der Waals surface area contributed by atoms with E-state index in [2.05, 4.69) is 16.4 Å². The molecular weight excluding hydrogens is 344 g/mol. The second kappa shape index (κ2) is 8.04. The lowest BCUT2D eigenvalue weighted by Gasteiger charge is -2.19. The van der Waals surface area contributed by atoms with Gasteiger partial charge in [0.2, 0.25) is 5.91 Å². The van der Waals surface area contributed by atoms with E-state index < -0.39 is 6.04 Å². The van der Waals surface area contributed by atoms with Crippen LogP contribution in [0.5, 0.6) is 5.75 Å². The molecule has 1 atom stereocenters. The van der Waals surface area contributed by atoms with Crippen LogP contribution in [-0.4, -0.2) is 46.9 Å². The smallest absolute Gasteiger partial charge is 0.252 e. The third kappa shape index (κ3) is 4.17. The minimum Gasteiger partial charge on any atom is -0.491 e. The van der Waals surface area contributed by atoms with Gasteiger partial charge in [0, 0.05) is 24.2 Å². The van der Waals surface area contributed by atoms with Gasteiger partial charge in [0.25, 0.3) is 5.91 Å². The third-order valence-corrected chi connectivity index (χ3v) is 4.45. The first-order valence-electron chi connectivity index (χ1n) is 9.02. The second-order valence-electron chi connectivity index (χ2n) is 6.76. The number of benzene rings is 1. The molecule has 2 heterocycles. The molecule has 27 heavy (non-hydrogen) atoms. The van der Waals surface area contributed by atoms with Crippen molar-refractivity contribution in [3.63, 3.8) is 0 Å². The molecule has 2 aromatic rings. The quantitative estimate of drug-likeness (QED) is 0.876. The number of nitrogens with one attached hydrogen (secondary N) is 1. The molecule has 0 spiro atoms. The summed E-state index contributed by atoms with van der Waals surface area (Å²) in [6.45, 7) is 4.31. The Morgan fingerprint density at radius 3 is 2.96 bits per heavy atom. The van der Waals surface area contributed by atoms with Crippen molar-refractivity contribution in [1.82, 2.24) is 15.2 Å². The minimum absolute atomic E-state index is 0.0442. The topological polar surface area (TPSA) is 95.3 Å². The van der Waals surface area contributed by atoms with Crippen LogP contribution in [0.1, 0.15) is 37.0 Å². The van der Waals surface area contributed by atoms with E-state index in [0.29, 0.717) is 35.2 Å². The SMILES string of the molecule is CC(C)Oc1ccc2c(C(=O)NCC(=O)N3CCC[C@@H]3C#N)ccnc2c1. The molecule has 2 amide bonds. The predicted molar refractivity (Wildman–Crippen MR) is 100 cm³/mol. The van der Waals surface area contributed by atoms with E-state index in [9.17, 15) is 9.59 Å². The van der Waals surface area contributed by atoms with Crippen molar-refractivity contribution in [2.24, 2.45) is 0 Å². The predicted octanol–water partition coefficient (Wildman–Crippen LogP) is 2.27. The molecule has 1 fully saturated rings. The first-order valence-corrected chi connectivity index (χ1v) is 9.02. The van der Waals surface area contributed by atoms with E-state index in [-0.39, 0.29) is 24.5 Å². The van der Waals surface area contributed by atoms with Crippen LogP contribution in [0.15, 0.2) is 30.5 Å². The van der Waals surface area contributed by atoms with Crippen molar-refractivity contribution in [3.8, 4) is 11.8 Å². The van der Waals surface area contributed by atoms with Crippen LogP contribution in [0.3, 0.4) is 0 Å². The van der Waals surface area contributed by atoms with Gasteiger partial charge in [-0.2, -0.15) is 5.26 Å². The number of rotatable bonds is 5. The standard InChI is InChI=1S/C20H22N4O3/c1-13(2)27-15-5-6-16-17(7-8-22-18(16)10-15)20(26)23-12-19(25)24-9-3-4-14(24)11-21/h5-8,10,13-14H,3-4,9,12H2,1-2H3,(H,23,26)/t14-/m1/s1. The van der Waals surface area contributed by atoms with Crippen LogP contribution in [0.4, 0.5) is 0 Å². The number of carbonyl (C=O) groups is 2. The van der Waals surface area contributed by atoms with Gasteiger partial charge in [0.05, 0.1) is 29.8 Å². The maximum Gasteiger partial charge on any atom is 0.252 e. The highest BCUT2D eigenvalue weighted by Crippen LogP contribution is 2.23. The van der Waals surface area contributed by atoms with Crippen LogP contribution in [-0.2, 0) is 4.79 Å². The number of nitrogens with zero attached hydrogens (tertiary/aromatic N) is 3. The van der Waals surface area contributed by atoms with Gasteiger partial charge in [-0.25, -0.2) is 0 Å². The zero-order valence-electron chi connectivity index (χ0n) is 15.4. The molecule has 1 N–H and O–H groups in total. The number of aromatic nitrogens is 1. The number of carbonyl (C=O) groups excluding carboxylic acids is 2. The number of amides is 2. The summed E-state index contributed by atoms with van der Waals surface area (Å²) >= 11 is 0. The highest BCUT2D eigenvalue weighted by molar-refractivity contribution is 6.07. The summed E-state index contributed by atoms with van der Waals surface area (Å²) in [6, 6.07) is 8.74. The summed E-state index contributed by atoms with van der Waals surface area (Å²) in [5, 5.41) is 12.4. The Kier molecular flexibility index (Phi) is 5.55. The maximum absolute atomic E-state index is 12.6. The van der Waals surface area contributed by atoms with Crippen molar-refractivity contribution >= 4 is 22.7 Å². The first kappa shape index (κ1) is 18.6. The van der Waals surface area contributed by atoms with Crippen molar-refractivity contribution in [3.05, 3.63) is 36.0 Å². The number of nitriles is 1. The van der Waals surface area contributed by atoms with Gasteiger partial charge in [-0.1, -0.05) is 0 Å². The van der Waals surface area contributed by atoms with E-state index >= 15 is 0 Å². The molecule has 140 valence electrons. The summed E-state index contributed by atoms with van der Waals surface area (Å²) in [6.07, 6.45) is 3.10. The lowest BCUT2D eigenvalue weighted by Crippen LogP contribution is -2.42. The molecular formula is C20H22N4O3. The maximum atomic E-state index is 12.6. The number of likely N-dealkylation sites (tertiary alicyclic amines) is 1. The molecule has 1 aliphatic rings. The fraction of sp³-hybridized carbons (Fsp3) is 0.400. The molecule has 7 nitrogen and oxygen atoms in total. The monoisotopic (exact) mass is 366 g/mol. The van der Waals surface area contributed by atoms with E-state index in [0.717, 1.165) is 6.42 Å². The summed E-state index contributed by atoms with van der Waals surface area (Å²) in [5.74, 6) is 0.105. The van der Waals surface area contributed by atoms with Crippen LogP contribution < -0.4 is 10.1 Å². The lowest BCUT2D eigenvalue weighted by molar-refractivity contribution is -0.130. The van der Waals surface area contributed by atoms with Crippen molar-refractivity contribution < 1.29 is 14.3 Å². The largest absolute Gasteiger partial charge is 0.491 e. The van der Waals surface area contributed by atoms with Crippen LogP contribution in [0.2, 0.25) is 0 Å². The summed E-state index contributed by atoms with van der Waals surface area (Å²) in [5.41, 5.74) is 1.10. The van der Waals surface area contributed by atoms with E-state index in [1.807, 2.05) is 13.8 Å². The Labute approximate surface area is 157 Å². The zero-order valence-corrected chi connectivity index (χ0v) is 15.4. The van der Waals surface area contributed by atoms with E-state index in [1.54, 1.807) is 30.5 Å². The zero-order chi connectivity index (χ0) is 19.4. The fourth-order valence-electron chi connectivity index (χ4n) is 3.22. The highest BCUT2D eigenvalue weighted by atomic mass is 16.5. The molecule has 7 heteroatoms. The van der Waals surface area contributed by atoms with Gasteiger partial charge in [0.15, 0.2) is 0 Å². The van der Waals surface area contributed by atoms with Gasteiger partial charge in [0.1, 0.15) is 11.8 Å². The second-order valence-corrected chi connectivity index (χ2v) is 6.76. The Hall–Kier alpha value is -3.14. The average Bonchev–Trinajstić information content (AvgIpc) is 3.13. The number of hydrogen-bond acceptors (Lipinski definition) is 5. The molecule has 1 saturated heterocycles. The Morgan fingerprint density at radius 1 is 1.41 bits per heavy atom. The van der Waals surface area contributed by atoms with E-state index in [4.69, 9.17) is 10.00 Å². The van der Waals surface area contributed by atoms with Gasteiger partial charge < -0.3 is 15.0 Å². The normalized spacial score (nSPS) is 16.4. The molecule has 1 aromatic carbocycles. The van der Waals surface area contributed by atoms with Gasteiger partial charge >= 0.3 is 0 Å². The lowest BCUT2D eigenvalue weighted by atomic mass is 10.1. The Bertz CT molecular complexity index is 904. The average molecular weight is 366 g/mol. The molecule has 1 aliphatic heterocycles. The first-order chi connectivity index (χ1) is 13.0. The molecule has 0 bridgehead atoms.